The van der Waals surface area contributed by atoms with Gasteiger partial charge in [0.15, 0.2) is 0 Å². The van der Waals surface area contributed by atoms with Crippen LogP contribution in [0.25, 0.3) is 10.8 Å². The lowest BCUT2D eigenvalue weighted by atomic mass is 9.64. The molecule has 5 nitrogen and oxygen atoms in total. The van der Waals surface area contributed by atoms with Gasteiger partial charge in [-0.3, -0.25) is 4.79 Å². The number of halogens is 1. The van der Waals surface area contributed by atoms with Crippen molar-refractivity contribution in [2.24, 2.45) is 5.73 Å². The molecule has 0 saturated heterocycles. The minimum absolute atomic E-state index is 0.0553. The van der Waals surface area contributed by atoms with E-state index in [1.165, 1.54) is 5.56 Å². The zero-order valence-corrected chi connectivity index (χ0v) is 18.7. The van der Waals surface area contributed by atoms with Crippen LogP contribution in [0.4, 0.5) is 0 Å². The smallest absolute Gasteiger partial charge is 0.255 e. The fourth-order valence-corrected chi connectivity index (χ4v) is 5.09. The maximum atomic E-state index is 12.0. The van der Waals surface area contributed by atoms with Crippen molar-refractivity contribution in [3.8, 4) is 11.5 Å². The molecule has 1 atom stereocenters. The standard InChI is InChI=1S/C25H29ClN2O3/c1-3-23(27)25(17-5-4-6-19(14-17)30-2)10-7-18(8-11-25)31-22-13-16-9-12-28-24(29)20(16)15-21(22)26/h4-6,9,12-15,18,23H,3,7-8,10-11,27H2,1-2H3,(H,28,29)/t18?,23-,25?/m0/s1. The van der Waals surface area contributed by atoms with E-state index in [4.69, 9.17) is 26.8 Å². The predicted octanol–water partition coefficient (Wildman–Crippen LogP) is 5.19. The van der Waals surface area contributed by atoms with Crippen molar-refractivity contribution in [3.05, 3.63) is 69.6 Å². The van der Waals surface area contributed by atoms with Crippen molar-refractivity contribution in [2.75, 3.05) is 7.11 Å². The number of methoxy groups -OCH3 is 1. The normalized spacial score (nSPS) is 22.3. The number of benzene rings is 2. The molecule has 1 aromatic heterocycles. The molecule has 2 aromatic carbocycles. The Bertz CT molecular complexity index is 1120. The molecule has 1 fully saturated rings. The second kappa shape index (κ2) is 8.93. The molecule has 1 heterocycles. The molecule has 6 heteroatoms. The Labute approximate surface area is 187 Å². The zero-order chi connectivity index (χ0) is 22.0. The van der Waals surface area contributed by atoms with Crippen molar-refractivity contribution in [2.45, 2.75) is 56.6 Å². The van der Waals surface area contributed by atoms with Gasteiger partial charge in [0.25, 0.3) is 5.56 Å². The van der Waals surface area contributed by atoms with Crippen molar-refractivity contribution in [1.82, 2.24) is 4.98 Å². The fourth-order valence-electron chi connectivity index (χ4n) is 4.88. The van der Waals surface area contributed by atoms with E-state index in [0.717, 1.165) is 43.2 Å². The number of pyridine rings is 1. The SMILES string of the molecule is CC[C@H](N)C1(c2cccc(OC)c2)CCC(Oc2cc3cc[nH]c(=O)c3cc2Cl)CC1. The van der Waals surface area contributed by atoms with Crippen molar-refractivity contribution in [1.29, 1.82) is 0 Å². The van der Waals surface area contributed by atoms with Crippen LogP contribution in [0.2, 0.25) is 5.02 Å². The number of fused-ring (bicyclic) bond motifs is 1. The summed E-state index contributed by atoms with van der Waals surface area (Å²) in [5.74, 6) is 1.48. The number of hydrogen-bond acceptors (Lipinski definition) is 4. The van der Waals surface area contributed by atoms with Gasteiger partial charge >= 0.3 is 0 Å². The van der Waals surface area contributed by atoms with Crippen LogP contribution in [0.15, 0.2) is 53.5 Å². The minimum Gasteiger partial charge on any atom is -0.497 e. The summed E-state index contributed by atoms with van der Waals surface area (Å²) < 4.78 is 11.8. The quantitative estimate of drug-likeness (QED) is 0.553. The molecule has 0 radical (unpaired) electrons. The van der Waals surface area contributed by atoms with Crippen molar-refractivity contribution < 1.29 is 9.47 Å². The monoisotopic (exact) mass is 440 g/mol. The minimum atomic E-state index is -0.153. The third kappa shape index (κ3) is 4.17. The van der Waals surface area contributed by atoms with Gasteiger partial charge < -0.3 is 20.2 Å². The topological polar surface area (TPSA) is 77.3 Å². The molecule has 3 N–H and O–H groups in total. The zero-order valence-electron chi connectivity index (χ0n) is 18.0. The van der Waals surface area contributed by atoms with E-state index >= 15 is 0 Å². The third-order valence-electron chi connectivity index (χ3n) is 6.74. The third-order valence-corrected chi connectivity index (χ3v) is 7.03. The van der Waals surface area contributed by atoms with E-state index in [2.05, 4.69) is 24.0 Å². The molecule has 3 aromatic rings. The van der Waals surface area contributed by atoms with Crippen molar-refractivity contribution >= 4 is 22.4 Å². The molecule has 0 bridgehead atoms. The van der Waals surface area contributed by atoms with E-state index in [0.29, 0.717) is 16.2 Å². The van der Waals surface area contributed by atoms with Gasteiger partial charge in [0.05, 0.1) is 18.2 Å². The number of aromatic nitrogens is 1. The Morgan fingerprint density at radius 3 is 2.71 bits per heavy atom. The lowest BCUT2D eigenvalue weighted by molar-refractivity contribution is 0.104. The van der Waals surface area contributed by atoms with Gasteiger partial charge in [-0.2, -0.15) is 0 Å². The number of hydrogen-bond donors (Lipinski definition) is 2. The average molecular weight is 441 g/mol. The number of H-pyrrole nitrogens is 1. The van der Waals surface area contributed by atoms with Crippen LogP contribution in [0.1, 0.15) is 44.6 Å². The molecule has 0 amide bonds. The molecule has 31 heavy (non-hydrogen) atoms. The van der Waals surface area contributed by atoms with Crippen LogP contribution in [-0.4, -0.2) is 24.2 Å². The summed E-state index contributed by atoms with van der Waals surface area (Å²) in [6, 6.07) is 13.8. The first-order valence-corrected chi connectivity index (χ1v) is 11.2. The van der Waals surface area contributed by atoms with Gasteiger partial charge in [-0.15, -0.1) is 0 Å². The first-order valence-electron chi connectivity index (χ1n) is 10.8. The molecule has 1 aliphatic carbocycles. The Morgan fingerprint density at radius 1 is 1.23 bits per heavy atom. The number of rotatable bonds is 6. The summed E-state index contributed by atoms with van der Waals surface area (Å²) in [6.07, 6.45) is 6.24. The highest BCUT2D eigenvalue weighted by molar-refractivity contribution is 6.32. The number of ether oxygens (including phenoxy) is 2. The maximum Gasteiger partial charge on any atom is 0.255 e. The largest absolute Gasteiger partial charge is 0.497 e. The summed E-state index contributed by atoms with van der Waals surface area (Å²) in [5, 5.41) is 1.84. The summed E-state index contributed by atoms with van der Waals surface area (Å²) in [6.45, 7) is 2.14. The van der Waals surface area contributed by atoms with E-state index in [9.17, 15) is 4.79 Å². The molecule has 0 aliphatic heterocycles. The van der Waals surface area contributed by atoms with Crippen LogP contribution in [0.3, 0.4) is 0 Å². The molecule has 0 spiro atoms. The lowest BCUT2D eigenvalue weighted by Gasteiger charge is -2.44. The van der Waals surface area contributed by atoms with Gasteiger partial charge in [0.1, 0.15) is 11.5 Å². The second-order valence-electron chi connectivity index (χ2n) is 8.40. The predicted molar refractivity (Wildman–Crippen MR) is 125 cm³/mol. The first kappa shape index (κ1) is 21.7. The van der Waals surface area contributed by atoms with Gasteiger partial charge in [-0.25, -0.2) is 0 Å². The first-order chi connectivity index (χ1) is 15.0. The highest BCUT2D eigenvalue weighted by Gasteiger charge is 2.41. The number of nitrogens with one attached hydrogen (secondary N) is 1. The molecule has 0 unspecified atom stereocenters. The molecule has 1 aliphatic rings. The van der Waals surface area contributed by atoms with E-state index < -0.39 is 0 Å². The van der Waals surface area contributed by atoms with Gasteiger partial charge in [-0.05, 0) is 73.4 Å². The summed E-state index contributed by atoms with van der Waals surface area (Å²) in [7, 11) is 1.69. The molecule has 4 rings (SSSR count). The van der Waals surface area contributed by atoms with Crippen LogP contribution in [0, 0.1) is 0 Å². The van der Waals surface area contributed by atoms with Crippen LogP contribution < -0.4 is 20.8 Å². The molecule has 1 saturated carbocycles. The van der Waals surface area contributed by atoms with Gasteiger partial charge in [0, 0.05) is 23.0 Å². The Hall–Kier alpha value is -2.50. The van der Waals surface area contributed by atoms with Crippen LogP contribution in [0.5, 0.6) is 11.5 Å². The number of aromatic amines is 1. The second-order valence-corrected chi connectivity index (χ2v) is 8.80. The maximum absolute atomic E-state index is 12.0. The average Bonchev–Trinajstić information content (AvgIpc) is 2.80. The van der Waals surface area contributed by atoms with Crippen molar-refractivity contribution in [3.63, 3.8) is 0 Å². The Balaban J connectivity index is 1.56. The Kier molecular flexibility index (Phi) is 6.26. The molecular formula is C25H29ClN2O3. The van der Waals surface area contributed by atoms with E-state index in [1.54, 1.807) is 19.4 Å². The molecular weight excluding hydrogens is 412 g/mol. The molecule has 164 valence electrons. The van der Waals surface area contributed by atoms with Gasteiger partial charge in [0.2, 0.25) is 0 Å². The Morgan fingerprint density at radius 2 is 2.00 bits per heavy atom. The van der Waals surface area contributed by atoms with Crippen LogP contribution >= 0.6 is 11.6 Å². The fraction of sp³-hybridized carbons (Fsp3) is 0.400. The summed E-state index contributed by atoms with van der Waals surface area (Å²) in [5.41, 5.74) is 7.66. The highest BCUT2D eigenvalue weighted by Crippen LogP contribution is 2.44. The summed E-state index contributed by atoms with van der Waals surface area (Å²) in [4.78, 5) is 14.7. The van der Waals surface area contributed by atoms with Gasteiger partial charge in [-0.1, -0.05) is 30.7 Å². The number of nitrogens with two attached hydrogens (primary N) is 1. The summed E-state index contributed by atoms with van der Waals surface area (Å²) >= 11 is 6.44. The highest BCUT2D eigenvalue weighted by atomic mass is 35.5. The van der Waals surface area contributed by atoms with E-state index in [1.807, 2.05) is 24.3 Å². The lowest BCUT2D eigenvalue weighted by Crippen LogP contribution is -2.48. The van der Waals surface area contributed by atoms with Crippen LogP contribution in [-0.2, 0) is 5.41 Å². The van der Waals surface area contributed by atoms with E-state index in [-0.39, 0.29) is 23.1 Å².